The van der Waals surface area contributed by atoms with Gasteiger partial charge < -0.3 is 15.2 Å². The van der Waals surface area contributed by atoms with Crippen molar-refractivity contribution in [2.75, 3.05) is 12.4 Å². The molecule has 0 radical (unpaired) electrons. The van der Waals surface area contributed by atoms with Gasteiger partial charge in [-0.2, -0.15) is 0 Å². The van der Waals surface area contributed by atoms with Gasteiger partial charge in [-0.05, 0) is 18.6 Å². The van der Waals surface area contributed by atoms with Crippen molar-refractivity contribution in [1.29, 1.82) is 0 Å². The molecule has 0 bridgehead atoms. The van der Waals surface area contributed by atoms with Crippen LogP contribution in [0, 0.1) is 5.41 Å². The van der Waals surface area contributed by atoms with E-state index < -0.39 is 0 Å². The predicted molar refractivity (Wildman–Crippen MR) is 76.7 cm³/mol. The van der Waals surface area contributed by atoms with Crippen molar-refractivity contribution >= 4 is 21.6 Å². The highest BCUT2D eigenvalue weighted by molar-refractivity contribution is 9.10. The minimum Gasteiger partial charge on any atom is -0.392 e. The summed E-state index contributed by atoms with van der Waals surface area (Å²) in [6, 6.07) is 6.38. The molecule has 18 heavy (non-hydrogen) atoms. The molecule has 1 fully saturated rings. The van der Waals surface area contributed by atoms with Crippen molar-refractivity contribution in [3.05, 3.63) is 28.2 Å². The Morgan fingerprint density at radius 1 is 1.50 bits per heavy atom. The van der Waals surface area contributed by atoms with Gasteiger partial charge in [0.1, 0.15) is 0 Å². The fourth-order valence-electron chi connectivity index (χ4n) is 2.32. The lowest BCUT2D eigenvalue weighted by Crippen LogP contribution is -2.57. The summed E-state index contributed by atoms with van der Waals surface area (Å²) in [5, 5.41) is 13.3. The number of ether oxygens (including phenoxy) is 1. The minimum absolute atomic E-state index is 0.0767. The summed E-state index contributed by atoms with van der Waals surface area (Å²) in [5.41, 5.74) is 2.13. The van der Waals surface area contributed by atoms with Crippen molar-refractivity contribution in [2.45, 2.75) is 39.0 Å². The molecular formula is C14H20BrNO2. The van der Waals surface area contributed by atoms with E-state index in [1.165, 1.54) is 0 Å². The van der Waals surface area contributed by atoms with Gasteiger partial charge in [-0.3, -0.25) is 0 Å². The third kappa shape index (κ3) is 2.42. The first-order chi connectivity index (χ1) is 8.46. The summed E-state index contributed by atoms with van der Waals surface area (Å²) < 4.78 is 6.28. The van der Waals surface area contributed by atoms with Crippen molar-refractivity contribution in [3.8, 4) is 0 Å². The lowest BCUT2D eigenvalue weighted by atomic mass is 9.64. The highest BCUT2D eigenvalue weighted by Gasteiger charge is 2.47. The van der Waals surface area contributed by atoms with Gasteiger partial charge in [-0.1, -0.05) is 35.8 Å². The third-order valence-corrected chi connectivity index (χ3v) is 4.70. The number of rotatable bonds is 4. The molecular weight excluding hydrogens is 294 g/mol. The number of methoxy groups -OCH3 is 1. The van der Waals surface area contributed by atoms with E-state index in [0.717, 1.165) is 22.1 Å². The number of aliphatic hydroxyl groups is 1. The van der Waals surface area contributed by atoms with Crippen LogP contribution >= 0.6 is 15.9 Å². The van der Waals surface area contributed by atoms with Crippen LogP contribution in [0.2, 0.25) is 0 Å². The molecule has 0 saturated heterocycles. The minimum atomic E-state index is -0.215. The zero-order valence-electron chi connectivity index (χ0n) is 11.0. The van der Waals surface area contributed by atoms with E-state index in [-0.39, 0.29) is 11.5 Å². The molecule has 1 aliphatic carbocycles. The molecule has 2 rings (SSSR count). The molecule has 4 heteroatoms. The predicted octanol–water partition coefficient (Wildman–Crippen LogP) is 3.17. The van der Waals surface area contributed by atoms with E-state index in [2.05, 4.69) is 41.2 Å². The fraction of sp³-hybridized carbons (Fsp3) is 0.571. The number of hydrogen-bond acceptors (Lipinski definition) is 3. The van der Waals surface area contributed by atoms with Crippen LogP contribution in [0.25, 0.3) is 0 Å². The van der Waals surface area contributed by atoms with E-state index in [1.807, 2.05) is 12.1 Å². The van der Waals surface area contributed by atoms with Crippen LogP contribution in [-0.4, -0.2) is 24.4 Å². The zero-order chi connectivity index (χ0) is 13.3. The number of aliphatic hydroxyl groups excluding tert-OH is 1. The maximum Gasteiger partial charge on any atom is 0.0744 e. The van der Waals surface area contributed by atoms with E-state index in [4.69, 9.17) is 4.74 Å². The lowest BCUT2D eigenvalue weighted by molar-refractivity contribution is -0.0511. The number of benzene rings is 1. The van der Waals surface area contributed by atoms with Gasteiger partial charge in [0.15, 0.2) is 0 Å². The average Bonchev–Trinajstić information content (AvgIpc) is 2.33. The summed E-state index contributed by atoms with van der Waals surface area (Å²) in [6.07, 6.45) is 0.583. The Hall–Kier alpha value is -0.580. The van der Waals surface area contributed by atoms with Gasteiger partial charge in [0.05, 0.1) is 12.7 Å². The fourth-order valence-corrected chi connectivity index (χ4v) is 2.80. The molecule has 0 spiro atoms. The molecule has 2 unspecified atom stereocenters. The van der Waals surface area contributed by atoms with Gasteiger partial charge in [0.2, 0.25) is 0 Å². The third-order valence-electron chi connectivity index (χ3n) is 3.95. The van der Waals surface area contributed by atoms with Crippen LogP contribution in [0.15, 0.2) is 22.7 Å². The quantitative estimate of drug-likeness (QED) is 0.897. The topological polar surface area (TPSA) is 41.5 Å². The molecule has 2 N–H and O–H groups in total. The summed E-state index contributed by atoms with van der Waals surface area (Å²) in [4.78, 5) is 0. The van der Waals surface area contributed by atoms with E-state index in [0.29, 0.717) is 12.6 Å². The van der Waals surface area contributed by atoms with Gasteiger partial charge >= 0.3 is 0 Å². The van der Waals surface area contributed by atoms with Crippen LogP contribution in [0.1, 0.15) is 25.8 Å². The van der Waals surface area contributed by atoms with Crippen molar-refractivity contribution in [1.82, 2.24) is 0 Å². The Morgan fingerprint density at radius 3 is 2.78 bits per heavy atom. The number of hydrogen-bond donors (Lipinski definition) is 2. The largest absolute Gasteiger partial charge is 0.392 e. The number of nitrogens with one attached hydrogen (secondary N) is 1. The van der Waals surface area contributed by atoms with Crippen LogP contribution in [0.5, 0.6) is 0 Å². The van der Waals surface area contributed by atoms with Crippen molar-refractivity contribution in [2.24, 2.45) is 5.41 Å². The van der Waals surface area contributed by atoms with Crippen LogP contribution in [0.4, 0.5) is 5.69 Å². The van der Waals surface area contributed by atoms with E-state index >= 15 is 0 Å². The number of halogens is 1. The maximum absolute atomic E-state index is 9.78. The maximum atomic E-state index is 9.78. The Balaban J connectivity index is 2.17. The number of anilines is 1. The van der Waals surface area contributed by atoms with Gasteiger partial charge in [-0.25, -0.2) is 0 Å². The Bertz CT molecular complexity index is 434. The Kier molecular flexibility index (Phi) is 3.99. The van der Waals surface area contributed by atoms with Gasteiger partial charge in [-0.15, -0.1) is 0 Å². The first kappa shape index (κ1) is 13.8. The molecule has 1 saturated carbocycles. The van der Waals surface area contributed by atoms with Crippen LogP contribution in [0.3, 0.4) is 0 Å². The second kappa shape index (κ2) is 5.19. The molecule has 0 aliphatic heterocycles. The summed E-state index contributed by atoms with van der Waals surface area (Å²) in [6.45, 7) is 4.75. The van der Waals surface area contributed by atoms with Gasteiger partial charge in [0.25, 0.3) is 0 Å². The van der Waals surface area contributed by atoms with E-state index in [9.17, 15) is 5.11 Å². The first-order valence-electron chi connectivity index (χ1n) is 6.17. The van der Waals surface area contributed by atoms with Crippen LogP contribution < -0.4 is 5.32 Å². The van der Waals surface area contributed by atoms with Crippen LogP contribution in [-0.2, 0) is 11.3 Å². The smallest absolute Gasteiger partial charge is 0.0744 e. The van der Waals surface area contributed by atoms with E-state index in [1.54, 1.807) is 7.11 Å². The molecule has 1 aromatic carbocycles. The molecule has 3 nitrogen and oxygen atoms in total. The lowest BCUT2D eigenvalue weighted by Gasteiger charge is -2.50. The Morgan fingerprint density at radius 2 is 2.22 bits per heavy atom. The zero-order valence-corrected chi connectivity index (χ0v) is 12.6. The molecule has 2 atom stereocenters. The first-order valence-corrected chi connectivity index (χ1v) is 6.97. The molecule has 0 aromatic heterocycles. The molecule has 0 amide bonds. The van der Waals surface area contributed by atoms with Gasteiger partial charge in [0, 0.05) is 34.3 Å². The molecule has 1 aliphatic rings. The van der Waals surface area contributed by atoms with Crippen molar-refractivity contribution in [3.63, 3.8) is 0 Å². The highest BCUT2D eigenvalue weighted by atomic mass is 79.9. The highest BCUT2D eigenvalue weighted by Crippen LogP contribution is 2.43. The normalized spacial score (nSPS) is 25.6. The molecule has 0 heterocycles. The molecule has 100 valence electrons. The average molecular weight is 314 g/mol. The second-order valence-corrected chi connectivity index (χ2v) is 6.32. The summed E-state index contributed by atoms with van der Waals surface area (Å²) in [5.74, 6) is 0. The summed E-state index contributed by atoms with van der Waals surface area (Å²) >= 11 is 3.55. The molecule has 1 aromatic rings. The summed E-state index contributed by atoms with van der Waals surface area (Å²) in [7, 11) is 1.69. The second-order valence-electron chi connectivity index (χ2n) is 5.47. The standard InChI is InChI=1S/C14H20BrNO2/c1-14(2)12(7-13(14)17)16-11-6-4-5-10(15)9(11)8-18-3/h4-6,12-13,16-17H,7-8H2,1-3H3. The van der Waals surface area contributed by atoms with Crippen molar-refractivity contribution < 1.29 is 9.84 Å². The SMILES string of the molecule is COCc1c(Br)cccc1NC1CC(O)C1(C)C. The monoisotopic (exact) mass is 313 g/mol. The Labute approximate surface area is 117 Å².